The molecule has 2 aromatic carbocycles. The minimum absolute atomic E-state index is 0.0161. The summed E-state index contributed by atoms with van der Waals surface area (Å²) in [5, 5.41) is 12.8. The molecule has 0 aliphatic carbocycles. The molecule has 0 aromatic heterocycles. The average molecular weight is 440 g/mol. The lowest BCUT2D eigenvalue weighted by Crippen LogP contribution is -2.12. The first-order valence-electron chi connectivity index (χ1n) is 5.33. The van der Waals surface area contributed by atoms with E-state index in [0.29, 0.717) is 25.2 Å². The summed E-state index contributed by atoms with van der Waals surface area (Å²) < 4.78 is 1.15. The van der Waals surface area contributed by atoms with Crippen LogP contribution >= 0.6 is 55.1 Å². The Bertz CT molecular complexity index is 692. The first kappa shape index (κ1) is 15.6. The molecule has 2 rings (SSSR count). The Morgan fingerprint density at radius 3 is 2.35 bits per heavy atom. The van der Waals surface area contributed by atoms with Crippen molar-refractivity contribution >= 4 is 66.7 Å². The number of phenolic OH excluding ortho intramolecular Hbond substituents is 1. The van der Waals surface area contributed by atoms with Gasteiger partial charge < -0.3 is 10.4 Å². The van der Waals surface area contributed by atoms with Crippen molar-refractivity contribution in [3.05, 3.63) is 54.9 Å². The largest absolute Gasteiger partial charge is 0.507 e. The SMILES string of the molecule is O=C(Nc1ccc(Br)c(Cl)c1Cl)c1ccc(Br)c(O)c1. The molecule has 0 atom stereocenters. The van der Waals surface area contributed by atoms with Gasteiger partial charge in [-0.1, -0.05) is 23.2 Å². The van der Waals surface area contributed by atoms with E-state index in [1.165, 1.54) is 6.07 Å². The normalized spacial score (nSPS) is 10.4. The minimum Gasteiger partial charge on any atom is -0.507 e. The van der Waals surface area contributed by atoms with Gasteiger partial charge >= 0.3 is 0 Å². The molecule has 104 valence electrons. The highest BCUT2D eigenvalue weighted by Gasteiger charge is 2.13. The Kier molecular flexibility index (Phi) is 4.96. The van der Waals surface area contributed by atoms with Gasteiger partial charge in [0.05, 0.1) is 20.2 Å². The molecule has 0 unspecified atom stereocenters. The summed E-state index contributed by atoms with van der Waals surface area (Å²) in [6.07, 6.45) is 0. The molecule has 0 saturated heterocycles. The van der Waals surface area contributed by atoms with E-state index in [0.717, 1.165) is 0 Å². The summed E-state index contributed by atoms with van der Waals surface area (Å²) in [5.74, 6) is -0.411. The lowest BCUT2D eigenvalue weighted by atomic mass is 10.2. The Morgan fingerprint density at radius 2 is 1.70 bits per heavy atom. The second kappa shape index (κ2) is 6.35. The standard InChI is InChI=1S/C13H7Br2Cl2NO2/c14-7-2-1-6(5-10(7)19)13(20)18-9-4-3-8(15)11(16)12(9)17/h1-5,19H,(H,18,20). The number of phenols is 1. The predicted molar refractivity (Wildman–Crippen MR) is 87.9 cm³/mol. The van der Waals surface area contributed by atoms with E-state index < -0.39 is 5.91 Å². The van der Waals surface area contributed by atoms with Gasteiger partial charge in [0.15, 0.2) is 0 Å². The third-order valence-electron chi connectivity index (χ3n) is 2.49. The summed E-state index contributed by atoms with van der Waals surface area (Å²) in [5.41, 5.74) is 0.702. The number of rotatable bonds is 2. The van der Waals surface area contributed by atoms with Crippen molar-refractivity contribution in [2.75, 3.05) is 5.32 Å². The number of hydrogen-bond acceptors (Lipinski definition) is 2. The van der Waals surface area contributed by atoms with Crippen molar-refractivity contribution in [2.24, 2.45) is 0 Å². The van der Waals surface area contributed by atoms with Gasteiger partial charge in [-0.25, -0.2) is 0 Å². The monoisotopic (exact) mass is 437 g/mol. The van der Waals surface area contributed by atoms with Crippen molar-refractivity contribution in [1.29, 1.82) is 0 Å². The highest BCUT2D eigenvalue weighted by atomic mass is 79.9. The van der Waals surface area contributed by atoms with Crippen LogP contribution in [0, 0.1) is 0 Å². The number of carbonyl (C=O) groups is 1. The van der Waals surface area contributed by atoms with Gasteiger partial charge in [-0.05, 0) is 62.2 Å². The average Bonchev–Trinajstić information content (AvgIpc) is 2.42. The minimum atomic E-state index is -0.395. The van der Waals surface area contributed by atoms with Gasteiger partial charge in [-0.15, -0.1) is 0 Å². The number of anilines is 1. The topological polar surface area (TPSA) is 49.3 Å². The van der Waals surface area contributed by atoms with Gasteiger partial charge in [-0.3, -0.25) is 4.79 Å². The van der Waals surface area contributed by atoms with Crippen LogP contribution in [0.15, 0.2) is 39.3 Å². The fourth-order valence-corrected chi connectivity index (χ4v) is 2.54. The van der Waals surface area contributed by atoms with E-state index in [1.807, 2.05) is 0 Å². The molecule has 2 N–H and O–H groups in total. The molecule has 0 spiro atoms. The molecule has 0 bridgehead atoms. The van der Waals surface area contributed by atoms with Crippen LogP contribution in [0.25, 0.3) is 0 Å². The van der Waals surface area contributed by atoms with Crippen LogP contribution in [0.1, 0.15) is 10.4 Å². The second-order valence-corrected chi connectivity index (χ2v) is 6.31. The van der Waals surface area contributed by atoms with Crippen LogP contribution in [-0.2, 0) is 0 Å². The number of halogens is 4. The van der Waals surface area contributed by atoms with E-state index in [1.54, 1.807) is 24.3 Å². The van der Waals surface area contributed by atoms with Crippen LogP contribution in [0.5, 0.6) is 5.75 Å². The maximum Gasteiger partial charge on any atom is 0.255 e. The van der Waals surface area contributed by atoms with E-state index in [-0.39, 0.29) is 10.8 Å². The first-order valence-corrected chi connectivity index (χ1v) is 7.67. The number of amides is 1. The van der Waals surface area contributed by atoms with E-state index in [9.17, 15) is 9.90 Å². The fourth-order valence-electron chi connectivity index (χ4n) is 1.47. The lowest BCUT2D eigenvalue weighted by molar-refractivity contribution is 0.102. The zero-order chi connectivity index (χ0) is 14.9. The van der Waals surface area contributed by atoms with Crippen molar-refractivity contribution in [3.8, 4) is 5.75 Å². The predicted octanol–water partition coefficient (Wildman–Crippen LogP) is 5.48. The van der Waals surface area contributed by atoms with E-state index in [2.05, 4.69) is 37.2 Å². The third-order valence-corrected chi connectivity index (χ3v) is 4.93. The summed E-state index contributed by atoms with van der Waals surface area (Å²) in [6, 6.07) is 7.83. The Balaban J connectivity index is 2.28. The number of hydrogen-bond donors (Lipinski definition) is 2. The summed E-state index contributed by atoms with van der Waals surface area (Å²) >= 11 is 18.4. The van der Waals surface area contributed by atoms with Crippen molar-refractivity contribution in [1.82, 2.24) is 0 Å². The van der Waals surface area contributed by atoms with Gasteiger partial charge in [0.2, 0.25) is 0 Å². The molecule has 3 nitrogen and oxygen atoms in total. The summed E-state index contributed by atoms with van der Waals surface area (Å²) in [6.45, 7) is 0. The molecular formula is C13H7Br2Cl2NO2. The van der Waals surface area contributed by atoms with Crippen LogP contribution in [0.2, 0.25) is 10.0 Å². The first-order chi connectivity index (χ1) is 9.40. The van der Waals surface area contributed by atoms with Crippen molar-refractivity contribution in [3.63, 3.8) is 0 Å². The zero-order valence-electron chi connectivity index (χ0n) is 9.75. The number of benzene rings is 2. The zero-order valence-corrected chi connectivity index (χ0v) is 14.4. The van der Waals surface area contributed by atoms with E-state index >= 15 is 0 Å². The molecule has 1 amide bonds. The molecule has 0 fully saturated rings. The molecular weight excluding hydrogens is 433 g/mol. The molecule has 7 heteroatoms. The maximum atomic E-state index is 12.1. The lowest BCUT2D eigenvalue weighted by Gasteiger charge is -2.10. The molecule has 2 aromatic rings. The van der Waals surface area contributed by atoms with Crippen LogP contribution in [-0.4, -0.2) is 11.0 Å². The maximum absolute atomic E-state index is 12.1. The van der Waals surface area contributed by atoms with Gasteiger partial charge in [0, 0.05) is 10.0 Å². The second-order valence-electron chi connectivity index (χ2n) is 3.84. The quantitative estimate of drug-likeness (QED) is 0.609. The van der Waals surface area contributed by atoms with Crippen LogP contribution < -0.4 is 5.32 Å². The molecule has 0 aliphatic rings. The van der Waals surface area contributed by atoms with Crippen LogP contribution in [0.4, 0.5) is 5.69 Å². The van der Waals surface area contributed by atoms with Gasteiger partial charge in [0.1, 0.15) is 5.75 Å². The Labute approximate surface area is 142 Å². The third kappa shape index (κ3) is 3.28. The summed E-state index contributed by atoms with van der Waals surface area (Å²) in [4.78, 5) is 12.1. The molecule has 0 saturated carbocycles. The number of nitrogens with one attached hydrogen (secondary N) is 1. The number of carbonyl (C=O) groups excluding carboxylic acids is 1. The molecule has 0 radical (unpaired) electrons. The molecule has 0 heterocycles. The summed E-state index contributed by atoms with van der Waals surface area (Å²) in [7, 11) is 0. The highest BCUT2D eigenvalue weighted by Crippen LogP contribution is 2.36. The van der Waals surface area contributed by atoms with Crippen LogP contribution in [0.3, 0.4) is 0 Å². The van der Waals surface area contributed by atoms with Crippen molar-refractivity contribution in [2.45, 2.75) is 0 Å². The smallest absolute Gasteiger partial charge is 0.255 e. The van der Waals surface area contributed by atoms with E-state index in [4.69, 9.17) is 23.2 Å². The molecule has 20 heavy (non-hydrogen) atoms. The van der Waals surface area contributed by atoms with Gasteiger partial charge in [-0.2, -0.15) is 0 Å². The molecule has 0 aliphatic heterocycles. The highest BCUT2D eigenvalue weighted by molar-refractivity contribution is 9.10. The Hall–Kier alpha value is -0.750. The fraction of sp³-hybridized carbons (Fsp3) is 0. The van der Waals surface area contributed by atoms with Crippen molar-refractivity contribution < 1.29 is 9.90 Å². The number of aromatic hydroxyl groups is 1. The van der Waals surface area contributed by atoms with Gasteiger partial charge in [0.25, 0.3) is 5.91 Å². The Morgan fingerprint density at radius 1 is 1.05 bits per heavy atom.